The van der Waals surface area contributed by atoms with Crippen molar-refractivity contribution in [2.45, 2.75) is 26.2 Å². The van der Waals surface area contributed by atoms with Gasteiger partial charge < -0.3 is 10.1 Å². The van der Waals surface area contributed by atoms with Gasteiger partial charge in [0.1, 0.15) is 5.75 Å². The molecule has 0 atom stereocenters. The van der Waals surface area contributed by atoms with E-state index in [0.29, 0.717) is 23.2 Å². The van der Waals surface area contributed by atoms with Crippen LogP contribution in [0, 0.1) is 0 Å². The lowest BCUT2D eigenvalue weighted by molar-refractivity contribution is 0.103. The first-order valence-corrected chi connectivity index (χ1v) is 8.76. The van der Waals surface area contributed by atoms with Crippen LogP contribution in [-0.4, -0.2) is 15.9 Å². The van der Waals surface area contributed by atoms with Crippen LogP contribution in [-0.2, 0) is 6.42 Å². The van der Waals surface area contributed by atoms with Gasteiger partial charge in [0.15, 0.2) is 5.78 Å². The van der Waals surface area contributed by atoms with E-state index in [4.69, 9.17) is 0 Å². The van der Waals surface area contributed by atoms with Crippen molar-refractivity contribution < 1.29 is 9.90 Å². The average Bonchev–Trinajstić information content (AvgIpc) is 2.68. The Morgan fingerprint density at radius 1 is 1.00 bits per heavy atom. The van der Waals surface area contributed by atoms with Gasteiger partial charge in [0.2, 0.25) is 0 Å². The molecule has 0 saturated carbocycles. The Balaban J connectivity index is 2.24. The molecule has 0 amide bonds. The van der Waals surface area contributed by atoms with Gasteiger partial charge in [-0.1, -0.05) is 74.0 Å². The Morgan fingerprint density at radius 3 is 2.23 bits per heavy atom. The molecule has 3 rings (SSSR count). The minimum Gasteiger partial charge on any atom is -0.507 e. The lowest BCUT2D eigenvalue weighted by atomic mass is 9.94. The van der Waals surface area contributed by atoms with Crippen LogP contribution in [0.5, 0.6) is 5.75 Å². The molecule has 132 valence electrons. The van der Waals surface area contributed by atoms with Crippen molar-refractivity contribution in [1.82, 2.24) is 4.98 Å². The molecule has 0 bridgehead atoms. The summed E-state index contributed by atoms with van der Waals surface area (Å²) >= 11 is 0. The number of H-pyrrole nitrogens is 1. The first-order chi connectivity index (χ1) is 12.6. The fourth-order valence-electron chi connectivity index (χ4n) is 2.99. The Kier molecular flexibility index (Phi) is 5.32. The predicted molar refractivity (Wildman–Crippen MR) is 103 cm³/mol. The molecule has 26 heavy (non-hydrogen) atoms. The summed E-state index contributed by atoms with van der Waals surface area (Å²) in [6.45, 7) is 2.01. The maximum Gasteiger partial charge on any atom is 0.255 e. The second kappa shape index (κ2) is 7.83. The van der Waals surface area contributed by atoms with Gasteiger partial charge in [-0.2, -0.15) is 0 Å². The fourth-order valence-corrected chi connectivity index (χ4v) is 2.99. The van der Waals surface area contributed by atoms with Crippen LogP contribution in [0.25, 0.3) is 11.3 Å². The number of rotatable bonds is 6. The lowest BCUT2D eigenvalue weighted by Crippen LogP contribution is -2.18. The summed E-state index contributed by atoms with van der Waals surface area (Å²) in [5.41, 5.74) is 1.57. The Labute approximate surface area is 152 Å². The van der Waals surface area contributed by atoms with Gasteiger partial charge in [-0.25, -0.2) is 0 Å². The smallest absolute Gasteiger partial charge is 0.255 e. The van der Waals surface area contributed by atoms with E-state index < -0.39 is 0 Å². The van der Waals surface area contributed by atoms with Crippen molar-refractivity contribution >= 4 is 5.78 Å². The molecule has 2 N–H and O–H groups in total. The first kappa shape index (κ1) is 17.7. The SMILES string of the molecule is CCCCc1c(O)c(C(=O)c2ccccc2)c(-c2ccccc2)[nH]c1=O. The third-order valence-corrected chi connectivity index (χ3v) is 4.39. The predicted octanol–water partition coefficient (Wildman–Crippen LogP) is 4.32. The van der Waals surface area contributed by atoms with Gasteiger partial charge in [0, 0.05) is 5.56 Å². The zero-order valence-electron chi connectivity index (χ0n) is 14.7. The lowest BCUT2D eigenvalue weighted by Gasteiger charge is -2.14. The maximum atomic E-state index is 13.1. The number of ketones is 1. The van der Waals surface area contributed by atoms with Crippen molar-refractivity contribution in [2.24, 2.45) is 0 Å². The number of hydrogen-bond acceptors (Lipinski definition) is 3. The van der Waals surface area contributed by atoms with E-state index in [-0.39, 0.29) is 28.2 Å². The molecule has 2 aromatic carbocycles. The minimum absolute atomic E-state index is 0.146. The molecular weight excluding hydrogens is 326 g/mol. The highest BCUT2D eigenvalue weighted by Crippen LogP contribution is 2.32. The van der Waals surface area contributed by atoms with Gasteiger partial charge in [-0.05, 0) is 18.4 Å². The quantitative estimate of drug-likeness (QED) is 0.652. The number of aromatic nitrogens is 1. The standard InChI is InChI=1S/C22H21NO3/c1-2-3-14-17-21(25)18(20(24)16-12-8-5-9-13-16)19(23-22(17)26)15-10-6-4-7-11-15/h4-13H,2-3,14H2,1H3,(H2,23,25,26). The van der Waals surface area contributed by atoms with Crippen molar-refractivity contribution in [3.8, 4) is 17.0 Å². The van der Waals surface area contributed by atoms with E-state index in [1.54, 1.807) is 36.4 Å². The summed E-state index contributed by atoms with van der Waals surface area (Å²) in [4.78, 5) is 28.5. The summed E-state index contributed by atoms with van der Waals surface area (Å²) in [6, 6.07) is 17.9. The second-order valence-corrected chi connectivity index (χ2v) is 6.20. The molecule has 0 radical (unpaired) electrons. The Bertz CT molecular complexity index is 960. The fraction of sp³-hybridized carbons (Fsp3) is 0.182. The van der Waals surface area contributed by atoms with E-state index in [9.17, 15) is 14.7 Å². The highest BCUT2D eigenvalue weighted by molar-refractivity contribution is 6.14. The number of carbonyl (C=O) groups excluding carboxylic acids is 1. The zero-order chi connectivity index (χ0) is 18.5. The van der Waals surface area contributed by atoms with Crippen LogP contribution in [0.4, 0.5) is 0 Å². The monoisotopic (exact) mass is 347 g/mol. The van der Waals surface area contributed by atoms with Gasteiger partial charge in [0.25, 0.3) is 5.56 Å². The largest absolute Gasteiger partial charge is 0.507 e. The maximum absolute atomic E-state index is 13.1. The Hall–Kier alpha value is -3.14. The molecule has 4 nitrogen and oxygen atoms in total. The summed E-state index contributed by atoms with van der Waals surface area (Å²) in [6.07, 6.45) is 2.09. The normalized spacial score (nSPS) is 10.7. The average molecular weight is 347 g/mol. The summed E-state index contributed by atoms with van der Waals surface area (Å²) in [5, 5.41) is 10.8. The number of pyridine rings is 1. The van der Waals surface area contributed by atoms with Crippen LogP contribution >= 0.6 is 0 Å². The molecular formula is C22H21NO3. The molecule has 0 unspecified atom stereocenters. The van der Waals surface area contributed by atoms with Gasteiger partial charge in [-0.15, -0.1) is 0 Å². The number of aromatic amines is 1. The van der Waals surface area contributed by atoms with Crippen LogP contribution in [0.1, 0.15) is 41.3 Å². The summed E-state index contributed by atoms with van der Waals surface area (Å²) in [5.74, 6) is -0.522. The molecule has 1 aromatic heterocycles. The third kappa shape index (κ3) is 3.45. The third-order valence-electron chi connectivity index (χ3n) is 4.39. The molecule has 1 heterocycles. The molecule has 0 spiro atoms. The molecule has 0 aliphatic rings. The number of hydrogen-bond donors (Lipinski definition) is 2. The van der Waals surface area contributed by atoms with E-state index in [0.717, 1.165) is 12.8 Å². The van der Waals surface area contributed by atoms with Crippen molar-refractivity contribution in [3.05, 3.63) is 87.7 Å². The molecule has 0 fully saturated rings. The molecule has 4 heteroatoms. The van der Waals surface area contributed by atoms with Crippen molar-refractivity contribution in [2.75, 3.05) is 0 Å². The van der Waals surface area contributed by atoms with Gasteiger partial charge in [-0.3, -0.25) is 9.59 Å². The molecule has 3 aromatic rings. The number of aromatic hydroxyl groups is 1. The number of benzene rings is 2. The van der Waals surface area contributed by atoms with E-state index in [1.807, 2.05) is 31.2 Å². The highest BCUT2D eigenvalue weighted by atomic mass is 16.3. The van der Waals surface area contributed by atoms with E-state index in [1.165, 1.54) is 0 Å². The van der Waals surface area contributed by atoms with Crippen molar-refractivity contribution in [1.29, 1.82) is 0 Å². The second-order valence-electron chi connectivity index (χ2n) is 6.20. The van der Waals surface area contributed by atoms with E-state index in [2.05, 4.69) is 4.98 Å². The zero-order valence-corrected chi connectivity index (χ0v) is 14.7. The van der Waals surface area contributed by atoms with Crippen LogP contribution in [0.15, 0.2) is 65.5 Å². The molecule has 0 aliphatic carbocycles. The van der Waals surface area contributed by atoms with Gasteiger partial charge in [0.05, 0.1) is 16.8 Å². The number of carbonyl (C=O) groups is 1. The van der Waals surface area contributed by atoms with Crippen LogP contribution in [0.2, 0.25) is 0 Å². The topological polar surface area (TPSA) is 70.2 Å². The Morgan fingerprint density at radius 2 is 1.62 bits per heavy atom. The first-order valence-electron chi connectivity index (χ1n) is 8.76. The number of nitrogens with one attached hydrogen (secondary N) is 1. The molecule has 0 aliphatic heterocycles. The minimum atomic E-state index is -0.348. The van der Waals surface area contributed by atoms with Crippen LogP contribution < -0.4 is 5.56 Å². The number of unbranched alkanes of at least 4 members (excludes halogenated alkanes) is 1. The highest BCUT2D eigenvalue weighted by Gasteiger charge is 2.24. The summed E-state index contributed by atoms with van der Waals surface area (Å²) < 4.78 is 0. The van der Waals surface area contributed by atoms with Crippen LogP contribution in [0.3, 0.4) is 0 Å². The summed E-state index contributed by atoms with van der Waals surface area (Å²) in [7, 11) is 0. The molecule has 0 saturated heterocycles. The van der Waals surface area contributed by atoms with Gasteiger partial charge >= 0.3 is 0 Å². The van der Waals surface area contributed by atoms with Crippen molar-refractivity contribution in [3.63, 3.8) is 0 Å². The van der Waals surface area contributed by atoms with E-state index >= 15 is 0 Å².